The molecule has 0 aliphatic heterocycles. The van der Waals surface area contributed by atoms with Crippen LogP contribution in [-0.4, -0.2) is 17.5 Å². The summed E-state index contributed by atoms with van der Waals surface area (Å²) >= 11 is 1.71. The number of nitrogens with zero attached hydrogens (tertiary/aromatic N) is 2. The van der Waals surface area contributed by atoms with Crippen molar-refractivity contribution in [3.8, 4) is 0 Å². The maximum Gasteiger partial charge on any atom is 0.191 e. The van der Waals surface area contributed by atoms with E-state index in [-0.39, 0.29) is 0 Å². The van der Waals surface area contributed by atoms with Crippen molar-refractivity contribution in [2.24, 2.45) is 4.99 Å². The molecule has 0 amide bonds. The van der Waals surface area contributed by atoms with Crippen LogP contribution in [0.2, 0.25) is 0 Å². The summed E-state index contributed by atoms with van der Waals surface area (Å²) in [5.41, 5.74) is 2.48. The number of aryl methyl sites for hydroxylation is 2. The van der Waals surface area contributed by atoms with Crippen LogP contribution in [0.4, 0.5) is 0 Å². The topological polar surface area (TPSA) is 49.3 Å². The Morgan fingerprint density at radius 3 is 2.81 bits per heavy atom. The zero-order valence-electron chi connectivity index (χ0n) is 12.8. The normalized spacial score (nSPS) is 11.5. The first-order valence-corrected chi connectivity index (χ1v) is 7.98. The summed E-state index contributed by atoms with van der Waals surface area (Å²) in [6.07, 6.45) is 1.90. The number of rotatable bonds is 5. The van der Waals surface area contributed by atoms with Crippen molar-refractivity contribution in [3.63, 3.8) is 0 Å². The Balaban J connectivity index is 1.95. The Morgan fingerprint density at radius 1 is 1.29 bits per heavy atom. The summed E-state index contributed by atoms with van der Waals surface area (Å²) in [6, 6.07) is 8.43. The van der Waals surface area contributed by atoms with Crippen LogP contribution in [0.25, 0.3) is 0 Å². The first-order chi connectivity index (χ1) is 10.2. The second-order valence-electron chi connectivity index (χ2n) is 4.90. The van der Waals surface area contributed by atoms with E-state index in [0.29, 0.717) is 13.1 Å². The minimum atomic E-state index is 0.675. The van der Waals surface area contributed by atoms with Crippen LogP contribution < -0.4 is 10.6 Å². The molecule has 0 radical (unpaired) electrons. The van der Waals surface area contributed by atoms with Gasteiger partial charge in [-0.1, -0.05) is 29.8 Å². The standard InChI is InChI=1S/C16H22N4S/c1-4-17-16(20-11-15-18-9-13(3)21-15)19-10-14-7-5-6-12(2)8-14/h5-9H,4,10-11H2,1-3H3,(H2,17,19,20). The van der Waals surface area contributed by atoms with Crippen LogP contribution in [0, 0.1) is 13.8 Å². The Labute approximate surface area is 130 Å². The number of thiazole rings is 1. The maximum absolute atomic E-state index is 4.62. The number of hydrogen-bond donors (Lipinski definition) is 2. The summed E-state index contributed by atoms with van der Waals surface area (Å²) in [4.78, 5) is 10.2. The van der Waals surface area contributed by atoms with Gasteiger partial charge in [-0.3, -0.25) is 0 Å². The third-order valence-corrected chi connectivity index (χ3v) is 3.84. The number of aliphatic imine (C=N–C) groups is 1. The van der Waals surface area contributed by atoms with Crippen LogP contribution in [0.1, 0.15) is 27.9 Å². The van der Waals surface area contributed by atoms with Crippen molar-refractivity contribution in [1.82, 2.24) is 15.6 Å². The predicted molar refractivity (Wildman–Crippen MR) is 89.7 cm³/mol. The average molecular weight is 302 g/mol. The number of guanidine groups is 1. The van der Waals surface area contributed by atoms with Crippen molar-refractivity contribution < 1.29 is 0 Å². The second-order valence-corrected chi connectivity index (χ2v) is 6.22. The molecule has 4 nitrogen and oxygen atoms in total. The van der Waals surface area contributed by atoms with Crippen molar-refractivity contribution in [3.05, 3.63) is 51.5 Å². The number of aromatic nitrogens is 1. The SMILES string of the molecule is CCNC(=NCc1cccc(C)c1)NCc1ncc(C)s1. The van der Waals surface area contributed by atoms with E-state index < -0.39 is 0 Å². The lowest BCUT2D eigenvalue weighted by Gasteiger charge is -2.10. The van der Waals surface area contributed by atoms with E-state index in [4.69, 9.17) is 0 Å². The lowest BCUT2D eigenvalue weighted by atomic mass is 10.1. The molecule has 2 aromatic rings. The lowest BCUT2D eigenvalue weighted by Crippen LogP contribution is -2.36. The van der Waals surface area contributed by atoms with Gasteiger partial charge in [0, 0.05) is 17.6 Å². The molecule has 0 bridgehead atoms. The molecular weight excluding hydrogens is 280 g/mol. The molecule has 0 aliphatic rings. The predicted octanol–water partition coefficient (Wildman–Crippen LogP) is 3.02. The number of benzene rings is 1. The molecule has 0 unspecified atom stereocenters. The van der Waals surface area contributed by atoms with Crippen LogP contribution in [0.5, 0.6) is 0 Å². The quantitative estimate of drug-likeness (QED) is 0.659. The van der Waals surface area contributed by atoms with Crippen LogP contribution >= 0.6 is 11.3 Å². The highest BCUT2D eigenvalue weighted by molar-refractivity contribution is 7.11. The summed E-state index contributed by atoms with van der Waals surface area (Å²) in [5.74, 6) is 0.826. The maximum atomic E-state index is 4.62. The van der Waals surface area contributed by atoms with Gasteiger partial charge in [0.1, 0.15) is 5.01 Å². The monoisotopic (exact) mass is 302 g/mol. The smallest absolute Gasteiger partial charge is 0.191 e. The highest BCUT2D eigenvalue weighted by atomic mass is 32.1. The Hall–Kier alpha value is -1.88. The molecule has 1 aromatic heterocycles. The highest BCUT2D eigenvalue weighted by Gasteiger charge is 2.01. The summed E-state index contributed by atoms with van der Waals surface area (Å²) < 4.78 is 0. The molecule has 0 atom stereocenters. The number of hydrogen-bond acceptors (Lipinski definition) is 3. The molecule has 0 aliphatic carbocycles. The van der Waals surface area contributed by atoms with Crippen LogP contribution in [0.15, 0.2) is 35.5 Å². The number of nitrogens with one attached hydrogen (secondary N) is 2. The van der Waals surface area contributed by atoms with Gasteiger partial charge >= 0.3 is 0 Å². The van der Waals surface area contributed by atoms with Gasteiger partial charge in [0.2, 0.25) is 0 Å². The minimum Gasteiger partial charge on any atom is -0.357 e. The molecule has 112 valence electrons. The van der Waals surface area contributed by atoms with Crippen LogP contribution in [0.3, 0.4) is 0 Å². The molecule has 2 rings (SSSR count). The largest absolute Gasteiger partial charge is 0.357 e. The van der Waals surface area contributed by atoms with Gasteiger partial charge in [-0.25, -0.2) is 9.98 Å². The third kappa shape index (κ3) is 5.19. The molecule has 1 heterocycles. The van der Waals surface area contributed by atoms with E-state index >= 15 is 0 Å². The first-order valence-electron chi connectivity index (χ1n) is 7.16. The zero-order valence-corrected chi connectivity index (χ0v) is 13.6. The van der Waals surface area contributed by atoms with Gasteiger partial charge in [0.15, 0.2) is 5.96 Å². The summed E-state index contributed by atoms with van der Waals surface area (Å²) in [5, 5.41) is 7.66. The third-order valence-electron chi connectivity index (χ3n) is 2.92. The van der Waals surface area contributed by atoms with Gasteiger partial charge < -0.3 is 10.6 Å². The Morgan fingerprint density at radius 2 is 2.14 bits per heavy atom. The van der Waals surface area contributed by atoms with Gasteiger partial charge in [-0.2, -0.15) is 0 Å². The molecule has 0 spiro atoms. The minimum absolute atomic E-state index is 0.675. The van der Waals surface area contributed by atoms with Gasteiger partial charge in [-0.05, 0) is 26.3 Å². The van der Waals surface area contributed by atoms with Gasteiger partial charge in [0.25, 0.3) is 0 Å². The molecule has 5 heteroatoms. The van der Waals surface area contributed by atoms with Crippen molar-refractivity contribution >= 4 is 17.3 Å². The van der Waals surface area contributed by atoms with Crippen LogP contribution in [-0.2, 0) is 13.1 Å². The van der Waals surface area contributed by atoms with E-state index in [1.165, 1.54) is 16.0 Å². The summed E-state index contributed by atoms with van der Waals surface area (Å²) in [7, 11) is 0. The molecule has 0 fully saturated rings. The highest BCUT2D eigenvalue weighted by Crippen LogP contribution is 2.10. The molecule has 0 saturated carbocycles. The second kappa shape index (κ2) is 7.78. The van der Waals surface area contributed by atoms with E-state index in [0.717, 1.165) is 17.5 Å². The van der Waals surface area contributed by atoms with E-state index in [1.807, 2.05) is 6.20 Å². The molecular formula is C16H22N4S. The van der Waals surface area contributed by atoms with Crippen molar-refractivity contribution in [1.29, 1.82) is 0 Å². The molecule has 1 aromatic carbocycles. The van der Waals surface area contributed by atoms with E-state index in [2.05, 4.69) is 65.6 Å². The molecule has 2 N–H and O–H groups in total. The summed E-state index contributed by atoms with van der Waals surface area (Å²) in [6.45, 7) is 8.46. The fourth-order valence-electron chi connectivity index (χ4n) is 1.97. The fraction of sp³-hybridized carbons (Fsp3) is 0.375. The van der Waals surface area contributed by atoms with E-state index in [9.17, 15) is 0 Å². The lowest BCUT2D eigenvalue weighted by molar-refractivity contribution is 0.811. The van der Waals surface area contributed by atoms with Crippen molar-refractivity contribution in [2.45, 2.75) is 33.9 Å². The van der Waals surface area contributed by atoms with Crippen molar-refractivity contribution in [2.75, 3.05) is 6.54 Å². The Bertz CT molecular complexity index is 604. The molecule has 0 saturated heterocycles. The average Bonchev–Trinajstić information content (AvgIpc) is 2.88. The zero-order chi connectivity index (χ0) is 15.1. The Kier molecular flexibility index (Phi) is 5.75. The molecule has 21 heavy (non-hydrogen) atoms. The van der Waals surface area contributed by atoms with Gasteiger partial charge in [-0.15, -0.1) is 11.3 Å². The first kappa shape index (κ1) is 15.5. The fourth-order valence-corrected chi connectivity index (χ4v) is 2.69. The van der Waals surface area contributed by atoms with E-state index in [1.54, 1.807) is 11.3 Å². The van der Waals surface area contributed by atoms with Gasteiger partial charge in [0.05, 0.1) is 13.1 Å².